The Bertz CT molecular complexity index is 562. The van der Waals surface area contributed by atoms with Crippen molar-refractivity contribution in [1.29, 1.82) is 0 Å². The van der Waals surface area contributed by atoms with Crippen LogP contribution in [-0.2, 0) is 0 Å². The van der Waals surface area contributed by atoms with Crippen LogP contribution in [-0.4, -0.2) is 15.7 Å². The second-order valence-corrected chi connectivity index (χ2v) is 3.37. The molecule has 2 aromatic rings. The number of benzene rings is 1. The van der Waals surface area contributed by atoms with Crippen molar-refractivity contribution in [1.82, 2.24) is 15.4 Å². The highest BCUT2D eigenvalue weighted by atomic mass is 15.3. The summed E-state index contributed by atoms with van der Waals surface area (Å²) in [6, 6.07) is 9.74. The first kappa shape index (κ1) is 8.84. The summed E-state index contributed by atoms with van der Waals surface area (Å²) in [5, 5.41) is 4.09. The number of rotatable bonds is 1. The highest BCUT2D eigenvalue weighted by Crippen LogP contribution is 2.26. The third kappa shape index (κ3) is 1.22. The molecule has 1 aromatic heterocycles. The highest BCUT2D eigenvalue weighted by molar-refractivity contribution is 6.19. The molecule has 0 atom stereocenters. The second-order valence-electron chi connectivity index (χ2n) is 3.37. The van der Waals surface area contributed by atoms with Gasteiger partial charge < -0.3 is 5.73 Å². The van der Waals surface area contributed by atoms with Gasteiger partial charge in [0, 0.05) is 5.56 Å². The summed E-state index contributed by atoms with van der Waals surface area (Å²) in [6.45, 7) is 0. The summed E-state index contributed by atoms with van der Waals surface area (Å²) in [6.07, 6.45) is 1.39. The lowest BCUT2D eigenvalue weighted by Gasteiger charge is -2.03. The highest BCUT2D eigenvalue weighted by Gasteiger charge is 2.23. The first-order valence-corrected chi connectivity index (χ1v) is 4.81. The number of nitrogens with zero attached hydrogens (tertiary/aromatic N) is 4. The predicted molar refractivity (Wildman–Crippen MR) is 60.3 cm³/mol. The normalized spacial score (nSPS) is 12.9. The molecule has 0 fully saturated rings. The van der Waals surface area contributed by atoms with E-state index in [1.165, 1.54) is 6.33 Å². The molecule has 1 aliphatic heterocycles. The minimum atomic E-state index is 0.411. The average Bonchev–Trinajstić information content (AvgIpc) is 2.75. The molecular weight excluding hydrogens is 202 g/mol. The molecule has 0 saturated heterocycles. The van der Waals surface area contributed by atoms with Crippen molar-refractivity contribution in [2.24, 2.45) is 5.10 Å². The van der Waals surface area contributed by atoms with Gasteiger partial charge in [0.15, 0.2) is 5.82 Å². The van der Waals surface area contributed by atoms with Crippen LogP contribution < -0.4 is 11.2 Å². The third-order valence-corrected chi connectivity index (χ3v) is 2.39. The molecule has 2 heterocycles. The van der Waals surface area contributed by atoms with Gasteiger partial charge in [-0.3, -0.25) is 0 Å². The SMILES string of the molecule is Nc1ncnc2c1C(c1ccccc1)=N[N]2. The number of nitrogens with two attached hydrogens (primary N) is 1. The Labute approximate surface area is 92.0 Å². The number of nitrogen functional groups attached to an aromatic ring is 1. The van der Waals surface area contributed by atoms with Crippen LogP contribution >= 0.6 is 0 Å². The predicted octanol–water partition coefficient (Wildman–Crippen LogP) is 1.06. The smallest absolute Gasteiger partial charge is 0.189 e. The number of anilines is 1. The van der Waals surface area contributed by atoms with Gasteiger partial charge >= 0.3 is 0 Å². The summed E-state index contributed by atoms with van der Waals surface area (Å²) in [5.41, 5.74) is 12.2. The molecule has 1 aromatic carbocycles. The molecule has 3 rings (SSSR count). The van der Waals surface area contributed by atoms with Crippen molar-refractivity contribution < 1.29 is 0 Å². The van der Waals surface area contributed by atoms with Crippen molar-refractivity contribution >= 4 is 17.3 Å². The van der Waals surface area contributed by atoms with Crippen molar-refractivity contribution in [2.45, 2.75) is 0 Å². The summed E-state index contributed by atoms with van der Waals surface area (Å²) in [4.78, 5) is 7.98. The molecule has 1 aliphatic rings. The third-order valence-electron chi connectivity index (χ3n) is 2.39. The van der Waals surface area contributed by atoms with E-state index < -0.39 is 0 Å². The van der Waals surface area contributed by atoms with Crippen LogP contribution in [0.25, 0.3) is 0 Å². The molecule has 5 nitrogen and oxygen atoms in total. The molecule has 77 valence electrons. The minimum Gasteiger partial charge on any atom is -0.383 e. The van der Waals surface area contributed by atoms with Crippen LogP contribution in [0, 0.1) is 0 Å². The van der Waals surface area contributed by atoms with Gasteiger partial charge in [-0.1, -0.05) is 30.3 Å². The Balaban J connectivity index is 2.16. The molecule has 0 saturated carbocycles. The number of aromatic nitrogens is 2. The lowest BCUT2D eigenvalue weighted by Crippen LogP contribution is -2.06. The van der Waals surface area contributed by atoms with Crippen molar-refractivity contribution in [3.05, 3.63) is 47.8 Å². The minimum absolute atomic E-state index is 0.411. The molecular formula is C11H8N5. The number of fused-ring (bicyclic) bond motifs is 1. The lowest BCUT2D eigenvalue weighted by atomic mass is 10.0. The Hall–Kier alpha value is -2.43. The van der Waals surface area contributed by atoms with Gasteiger partial charge in [0.05, 0.1) is 5.56 Å². The Morgan fingerprint density at radius 1 is 1.00 bits per heavy atom. The molecule has 0 spiro atoms. The number of hydrogen-bond acceptors (Lipinski definition) is 4. The van der Waals surface area contributed by atoms with E-state index in [9.17, 15) is 0 Å². The summed E-state index contributed by atoms with van der Waals surface area (Å²) in [7, 11) is 0. The fourth-order valence-electron chi connectivity index (χ4n) is 1.64. The Morgan fingerprint density at radius 2 is 1.81 bits per heavy atom. The van der Waals surface area contributed by atoms with E-state index in [0.29, 0.717) is 17.2 Å². The van der Waals surface area contributed by atoms with E-state index in [2.05, 4.69) is 20.5 Å². The maximum atomic E-state index is 5.81. The summed E-state index contributed by atoms with van der Waals surface area (Å²) in [5.74, 6) is 0.945. The summed E-state index contributed by atoms with van der Waals surface area (Å²) >= 11 is 0. The summed E-state index contributed by atoms with van der Waals surface area (Å²) < 4.78 is 0. The molecule has 1 radical (unpaired) electrons. The van der Waals surface area contributed by atoms with Crippen LogP contribution in [0.3, 0.4) is 0 Å². The average molecular weight is 210 g/mol. The van der Waals surface area contributed by atoms with Crippen LogP contribution in [0.5, 0.6) is 0 Å². The van der Waals surface area contributed by atoms with Crippen molar-refractivity contribution in [3.8, 4) is 0 Å². The van der Waals surface area contributed by atoms with Gasteiger partial charge in [0.1, 0.15) is 17.9 Å². The molecule has 5 heteroatoms. The van der Waals surface area contributed by atoms with E-state index in [4.69, 9.17) is 5.73 Å². The van der Waals surface area contributed by atoms with Crippen LogP contribution in [0.1, 0.15) is 11.1 Å². The van der Waals surface area contributed by atoms with Crippen LogP contribution in [0.4, 0.5) is 11.6 Å². The van der Waals surface area contributed by atoms with Gasteiger partial charge in [-0.2, -0.15) is 0 Å². The molecule has 0 amide bonds. The maximum absolute atomic E-state index is 5.81. The number of hydrogen-bond donors (Lipinski definition) is 1. The van der Waals surface area contributed by atoms with E-state index in [0.717, 1.165) is 11.3 Å². The largest absolute Gasteiger partial charge is 0.383 e. The first-order valence-electron chi connectivity index (χ1n) is 4.81. The first-order chi connectivity index (χ1) is 7.86. The zero-order chi connectivity index (χ0) is 11.0. The zero-order valence-corrected chi connectivity index (χ0v) is 8.33. The molecule has 0 unspecified atom stereocenters. The lowest BCUT2D eigenvalue weighted by molar-refractivity contribution is 0.938. The molecule has 2 N–H and O–H groups in total. The molecule has 0 aliphatic carbocycles. The molecule has 16 heavy (non-hydrogen) atoms. The fourth-order valence-corrected chi connectivity index (χ4v) is 1.64. The van der Waals surface area contributed by atoms with Gasteiger partial charge in [0.25, 0.3) is 0 Å². The van der Waals surface area contributed by atoms with Gasteiger partial charge in [0.2, 0.25) is 0 Å². The van der Waals surface area contributed by atoms with E-state index in [1.54, 1.807) is 0 Å². The van der Waals surface area contributed by atoms with E-state index in [-0.39, 0.29) is 0 Å². The standard InChI is InChI=1S/C11H8N5/c12-10-8-9(7-4-2-1-3-5-7)15-16-11(8)14-6-13-10/h1-6H,(H2,12,13,14). The van der Waals surface area contributed by atoms with E-state index in [1.807, 2.05) is 30.3 Å². The van der Waals surface area contributed by atoms with Gasteiger partial charge in [-0.25, -0.2) is 9.97 Å². The second kappa shape index (κ2) is 3.30. The van der Waals surface area contributed by atoms with Gasteiger partial charge in [-0.05, 0) is 0 Å². The Morgan fingerprint density at radius 3 is 2.62 bits per heavy atom. The topological polar surface area (TPSA) is 78.3 Å². The van der Waals surface area contributed by atoms with Crippen molar-refractivity contribution in [3.63, 3.8) is 0 Å². The Kier molecular flexibility index (Phi) is 1.83. The quantitative estimate of drug-likeness (QED) is 0.764. The van der Waals surface area contributed by atoms with Crippen molar-refractivity contribution in [2.75, 3.05) is 5.73 Å². The monoisotopic (exact) mass is 210 g/mol. The van der Waals surface area contributed by atoms with Gasteiger partial charge in [-0.15, -0.1) is 10.5 Å². The fraction of sp³-hybridized carbons (Fsp3) is 0. The van der Waals surface area contributed by atoms with Crippen LogP contribution in [0.15, 0.2) is 41.8 Å². The van der Waals surface area contributed by atoms with Crippen LogP contribution in [0.2, 0.25) is 0 Å². The zero-order valence-electron chi connectivity index (χ0n) is 8.33. The maximum Gasteiger partial charge on any atom is 0.189 e. The molecule has 0 bridgehead atoms. The van der Waals surface area contributed by atoms with E-state index >= 15 is 0 Å².